The van der Waals surface area contributed by atoms with Gasteiger partial charge in [0.15, 0.2) is 15.6 Å². The molecule has 0 unspecified atom stereocenters. The van der Waals surface area contributed by atoms with Gasteiger partial charge in [-0.3, -0.25) is 4.79 Å². The predicted molar refractivity (Wildman–Crippen MR) is 97.7 cm³/mol. The van der Waals surface area contributed by atoms with Crippen molar-refractivity contribution in [2.45, 2.75) is 29.4 Å². The van der Waals surface area contributed by atoms with E-state index in [4.69, 9.17) is 0 Å². The van der Waals surface area contributed by atoms with Crippen molar-refractivity contribution in [3.05, 3.63) is 72.3 Å². The average molecular weight is 352 g/mol. The van der Waals surface area contributed by atoms with E-state index < -0.39 is 15.1 Å². The number of allylic oxidation sites excluding steroid dienone is 2. The van der Waals surface area contributed by atoms with Crippen molar-refractivity contribution >= 4 is 21.2 Å². The first-order valence-corrected chi connectivity index (χ1v) is 10.2. The van der Waals surface area contributed by atoms with Gasteiger partial charge in [-0.05, 0) is 60.4 Å². The Balaban J connectivity index is 1.75. The molecule has 2 atom stereocenters. The van der Waals surface area contributed by atoms with Crippen molar-refractivity contribution in [2.75, 3.05) is 0 Å². The van der Waals surface area contributed by atoms with Gasteiger partial charge in [0, 0.05) is 0 Å². The highest BCUT2D eigenvalue weighted by atomic mass is 32.2. The molecule has 2 aliphatic rings. The van der Waals surface area contributed by atoms with Crippen LogP contribution in [-0.4, -0.2) is 19.5 Å². The molecule has 1 fully saturated rings. The summed E-state index contributed by atoms with van der Waals surface area (Å²) in [5.41, 5.74) is 1.97. The van der Waals surface area contributed by atoms with Crippen LogP contribution < -0.4 is 0 Å². The molecular weight excluding hydrogens is 332 g/mol. The topological polar surface area (TPSA) is 51.2 Å². The van der Waals surface area contributed by atoms with Crippen molar-refractivity contribution in [3.63, 3.8) is 0 Å². The summed E-state index contributed by atoms with van der Waals surface area (Å²) in [5, 5.41) is -0.949. The number of sulfone groups is 1. The van der Waals surface area contributed by atoms with E-state index in [1.54, 1.807) is 36.4 Å². The van der Waals surface area contributed by atoms with E-state index in [1.165, 1.54) is 0 Å². The molecule has 0 radical (unpaired) electrons. The van der Waals surface area contributed by atoms with Crippen LogP contribution >= 0.6 is 0 Å². The Morgan fingerprint density at radius 2 is 1.44 bits per heavy atom. The molecule has 0 amide bonds. The summed E-state index contributed by atoms with van der Waals surface area (Å²) in [6, 6.07) is 18.2. The van der Waals surface area contributed by atoms with Crippen LogP contribution in [0.3, 0.4) is 0 Å². The predicted octanol–water partition coefficient (Wildman–Crippen LogP) is 3.91. The molecule has 2 aromatic rings. The fraction of sp³-hybridized carbons (Fsp3) is 0.286. The third-order valence-electron chi connectivity index (χ3n) is 5.22. The van der Waals surface area contributed by atoms with Crippen LogP contribution in [0, 0.1) is 11.8 Å². The normalized spacial score (nSPS) is 24.0. The van der Waals surface area contributed by atoms with E-state index in [9.17, 15) is 13.2 Å². The molecule has 0 aliphatic heterocycles. The van der Waals surface area contributed by atoms with Gasteiger partial charge < -0.3 is 0 Å². The smallest absolute Gasteiger partial charge is 0.188 e. The van der Waals surface area contributed by atoms with Gasteiger partial charge in [0.05, 0.1) is 4.90 Å². The lowest BCUT2D eigenvalue weighted by Crippen LogP contribution is -2.40. The number of hydrogen-bond acceptors (Lipinski definition) is 3. The van der Waals surface area contributed by atoms with Crippen molar-refractivity contribution in [1.29, 1.82) is 0 Å². The molecule has 0 bridgehead atoms. The Bertz CT molecular complexity index is 910. The molecule has 0 aromatic heterocycles. The Labute approximate surface area is 148 Å². The van der Waals surface area contributed by atoms with Gasteiger partial charge in [-0.25, -0.2) is 8.42 Å². The molecule has 25 heavy (non-hydrogen) atoms. The van der Waals surface area contributed by atoms with Gasteiger partial charge in [-0.15, -0.1) is 0 Å². The molecular formula is C21H20O3S. The fourth-order valence-electron chi connectivity index (χ4n) is 3.82. The highest BCUT2D eigenvalue weighted by Crippen LogP contribution is 2.47. The summed E-state index contributed by atoms with van der Waals surface area (Å²) in [6.45, 7) is 0. The van der Waals surface area contributed by atoms with E-state index >= 15 is 0 Å². The second kappa shape index (κ2) is 6.26. The lowest BCUT2D eigenvalue weighted by molar-refractivity contribution is -0.115. The van der Waals surface area contributed by atoms with Crippen LogP contribution in [0.5, 0.6) is 0 Å². The minimum atomic E-state index is -3.67. The summed E-state index contributed by atoms with van der Waals surface area (Å²) < 4.78 is 26.3. The van der Waals surface area contributed by atoms with E-state index in [0.717, 1.165) is 24.0 Å². The number of benzene rings is 2. The van der Waals surface area contributed by atoms with Crippen molar-refractivity contribution in [2.24, 2.45) is 11.8 Å². The highest BCUT2D eigenvalue weighted by molar-refractivity contribution is 7.92. The standard InChI is InChI=1S/C21H20O3S/c22-20-14-17(15-7-3-1-4-8-15)13-19(16-11-12-16)21(20)25(23,24)18-9-5-2-6-10-18/h1-10,14,16,19,21H,11-13H2/t19-,21-/m0/s1. The SMILES string of the molecule is O=C1C=C(c2ccccc2)C[C@@H](C2CC2)[C@@H]1S(=O)(=O)c1ccccc1. The van der Waals surface area contributed by atoms with Gasteiger partial charge >= 0.3 is 0 Å². The van der Waals surface area contributed by atoms with E-state index in [0.29, 0.717) is 12.3 Å². The summed E-state index contributed by atoms with van der Waals surface area (Å²) in [7, 11) is -3.67. The van der Waals surface area contributed by atoms with Crippen LogP contribution in [-0.2, 0) is 14.6 Å². The molecule has 0 N–H and O–H groups in total. The van der Waals surface area contributed by atoms with E-state index in [1.807, 2.05) is 30.3 Å². The zero-order valence-corrected chi connectivity index (χ0v) is 14.7. The third-order valence-corrected chi connectivity index (χ3v) is 7.40. The zero-order chi connectivity index (χ0) is 17.4. The van der Waals surface area contributed by atoms with Gasteiger partial charge in [0.1, 0.15) is 5.25 Å². The molecule has 3 nitrogen and oxygen atoms in total. The molecule has 2 aliphatic carbocycles. The first-order chi connectivity index (χ1) is 12.1. The molecule has 4 rings (SSSR count). The largest absolute Gasteiger partial charge is 0.293 e. The summed E-state index contributed by atoms with van der Waals surface area (Å²) in [5.74, 6) is -0.0661. The van der Waals surface area contributed by atoms with Crippen LogP contribution in [0.2, 0.25) is 0 Å². The minimum absolute atomic E-state index is 0.127. The Morgan fingerprint density at radius 1 is 0.840 bits per heavy atom. The monoisotopic (exact) mass is 352 g/mol. The molecule has 128 valence electrons. The van der Waals surface area contributed by atoms with E-state index in [2.05, 4.69) is 0 Å². The molecule has 4 heteroatoms. The highest BCUT2D eigenvalue weighted by Gasteiger charge is 2.48. The quantitative estimate of drug-likeness (QED) is 0.838. The number of carbonyl (C=O) groups is 1. The molecule has 0 saturated heterocycles. The first-order valence-electron chi connectivity index (χ1n) is 8.66. The third kappa shape index (κ3) is 3.07. The van der Waals surface area contributed by atoms with Crippen LogP contribution in [0.25, 0.3) is 5.57 Å². The zero-order valence-electron chi connectivity index (χ0n) is 13.8. The van der Waals surface area contributed by atoms with Gasteiger partial charge in [0.2, 0.25) is 0 Å². The lowest BCUT2D eigenvalue weighted by atomic mass is 9.82. The number of rotatable bonds is 4. The van der Waals surface area contributed by atoms with E-state index in [-0.39, 0.29) is 16.6 Å². The second-order valence-corrected chi connectivity index (χ2v) is 8.99. The summed E-state index contributed by atoms with van der Waals surface area (Å²) in [4.78, 5) is 13.1. The molecule has 2 aromatic carbocycles. The maximum Gasteiger partial charge on any atom is 0.188 e. The Morgan fingerprint density at radius 3 is 2.04 bits per heavy atom. The Hall–Kier alpha value is -2.20. The summed E-state index contributed by atoms with van der Waals surface area (Å²) in [6.07, 6.45) is 4.23. The van der Waals surface area contributed by atoms with Crippen LogP contribution in [0.4, 0.5) is 0 Å². The summed E-state index contributed by atoms with van der Waals surface area (Å²) >= 11 is 0. The maximum absolute atomic E-state index is 13.1. The Kier molecular flexibility index (Phi) is 4.08. The maximum atomic E-state index is 13.1. The fourth-order valence-corrected chi connectivity index (χ4v) is 5.80. The van der Waals surface area contributed by atoms with Gasteiger partial charge in [-0.1, -0.05) is 48.5 Å². The van der Waals surface area contributed by atoms with Crippen molar-refractivity contribution in [3.8, 4) is 0 Å². The molecule has 1 saturated carbocycles. The van der Waals surface area contributed by atoms with Gasteiger partial charge in [-0.2, -0.15) is 0 Å². The second-order valence-electron chi connectivity index (χ2n) is 6.92. The van der Waals surface area contributed by atoms with Gasteiger partial charge in [0.25, 0.3) is 0 Å². The number of carbonyl (C=O) groups excluding carboxylic acids is 1. The molecule has 0 heterocycles. The first kappa shape index (κ1) is 16.3. The molecule has 0 spiro atoms. The van der Waals surface area contributed by atoms with Crippen LogP contribution in [0.1, 0.15) is 24.8 Å². The average Bonchev–Trinajstić information content (AvgIpc) is 3.47. The lowest BCUT2D eigenvalue weighted by Gasteiger charge is -2.30. The number of ketones is 1. The van der Waals surface area contributed by atoms with Crippen molar-refractivity contribution in [1.82, 2.24) is 0 Å². The van der Waals surface area contributed by atoms with Crippen LogP contribution in [0.15, 0.2) is 71.6 Å². The minimum Gasteiger partial charge on any atom is -0.293 e. The number of hydrogen-bond donors (Lipinski definition) is 0. The van der Waals surface area contributed by atoms with Crippen molar-refractivity contribution < 1.29 is 13.2 Å².